The van der Waals surface area contributed by atoms with Crippen LogP contribution in [-0.4, -0.2) is 36.2 Å². The van der Waals surface area contributed by atoms with E-state index in [1.54, 1.807) is 26.4 Å². The third-order valence-corrected chi connectivity index (χ3v) is 2.01. The molecular formula is C11H17N3O3. The zero-order valence-electron chi connectivity index (χ0n) is 10.1. The van der Waals surface area contributed by atoms with Crippen LogP contribution in [0.1, 0.15) is 19.8 Å². The highest BCUT2D eigenvalue weighted by Gasteiger charge is 2.01. The zero-order valence-corrected chi connectivity index (χ0v) is 10.1. The molecule has 0 fully saturated rings. The van der Waals surface area contributed by atoms with Crippen LogP contribution in [0.2, 0.25) is 0 Å². The smallest absolute Gasteiger partial charge is 0.305 e. The van der Waals surface area contributed by atoms with Crippen molar-refractivity contribution in [1.29, 1.82) is 0 Å². The van der Waals surface area contributed by atoms with Gasteiger partial charge in [-0.25, -0.2) is 9.97 Å². The second kappa shape index (κ2) is 7.43. The molecule has 1 aromatic rings. The Morgan fingerprint density at radius 3 is 2.71 bits per heavy atom. The van der Waals surface area contributed by atoms with Crippen molar-refractivity contribution >= 4 is 11.9 Å². The summed E-state index contributed by atoms with van der Waals surface area (Å²) >= 11 is 0. The SMILES string of the molecule is CCOC(=O)CCCNc1ncc(OC)cn1. The molecule has 0 bridgehead atoms. The minimum Gasteiger partial charge on any atom is -0.494 e. The summed E-state index contributed by atoms with van der Waals surface area (Å²) in [5.41, 5.74) is 0. The molecule has 0 saturated heterocycles. The van der Waals surface area contributed by atoms with Crippen molar-refractivity contribution in [3.8, 4) is 5.75 Å². The Kier molecular flexibility index (Phi) is 5.77. The normalized spacial score (nSPS) is 9.76. The fourth-order valence-electron chi connectivity index (χ4n) is 1.18. The minimum absolute atomic E-state index is 0.176. The fraction of sp³-hybridized carbons (Fsp3) is 0.545. The average Bonchev–Trinajstić information content (AvgIpc) is 2.36. The van der Waals surface area contributed by atoms with Crippen LogP contribution in [0.4, 0.5) is 5.95 Å². The maximum Gasteiger partial charge on any atom is 0.305 e. The van der Waals surface area contributed by atoms with E-state index >= 15 is 0 Å². The molecule has 17 heavy (non-hydrogen) atoms. The minimum atomic E-state index is -0.176. The van der Waals surface area contributed by atoms with Gasteiger partial charge in [0.2, 0.25) is 5.95 Å². The number of ether oxygens (including phenoxy) is 2. The second-order valence-electron chi connectivity index (χ2n) is 3.28. The van der Waals surface area contributed by atoms with Gasteiger partial charge in [0.1, 0.15) is 0 Å². The number of carbonyl (C=O) groups excluding carboxylic acids is 1. The van der Waals surface area contributed by atoms with E-state index in [9.17, 15) is 4.79 Å². The summed E-state index contributed by atoms with van der Waals surface area (Å²) in [6, 6.07) is 0. The molecule has 6 heteroatoms. The van der Waals surface area contributed by atoms with Crippen LogP contribution in [-0.2, 0) is 9.53 Å². The van der Waals surface area contributed by atoms with Crippen LogP contribution in [0, 0.1) is 0 Å². The van der Waals surface area contributed by atoms with Gasteiger partial charge in [-0.1, -0.05) is 0 Å². The Balaban J connectivity index is 2.19. The molecule has 0 spiro atoms. The van der Waals surface area contributed by atoms with Crippen LogP contribution >= 0.6 is 0 Å². The molecule has 0 radical (unpaired) electrons. The molecule has 0 amide bonds. The Morgan fingerprint density at radius 1 is 1.41 bits per heavy atom. The summed E-state index contributed by atoms with van der Waals surface area (Å²) in [4.78, 5) is 19.1. The molecule has 1 rings (SSSR count). The third kappa shape index (κ3) is 5.14. The highest BCUT2D eigenvalue weighted by atomic mass is 16.5. The molecule has 0 unspecified atom stereocenters. The van der Waals surface area contributed by atoms with E-state index in [1.165, 1.54) is 0 Å². The van der Waals surface area contributed by atoms with Gasteiger partial charge in [-0.2, -0.15) is 0 Å². The lowest BCUT2D eigenvalue weighted by Crippen LogP contribution is -2.09. The van der Waals surface area contributed by atoms with Crippen molar-refractivity contribution in [2.75, 3.05) is 25.6 Å². The van der Waals surface area contributed by atoms with E-state index in [0.717, 1.165) is 0 Å². The lowest BCUT2D eigenvalue weighted by Gasteiger charge is -2.05. The molecule has 0 saturated carbocycles. The van der Waals surface area contributed by atoms with Crippen molar-refractivity contribution in [1.82, 2.24) is 9.97 Å². The van der Waals surface area contributed by atoms with Crippen molar-refractivity contribution in [3.05, 3.63) is 12.4 Å². The average molecular weight is 239 g/mol. The number of methoxy groups -OCH3 is 1. The van der Waals surface area contributed by atoms with Gasteiger partial charge in [-0.15, -0.1) is 0 Å². The molecule has 94 valence electrons. The highest BCUT2D eigenvalue weighted by Crippen LogP contribution is 2.07. The molecule has 1 N–H and O–H groups in total. The van der Waals surface area contributed by atoms with E-state index < -0.39 is 0 Å². The third-order valence-electron chi connectivity index (χ3n) is 2.01. The number of nitrogens with one attached hydrogen (secondary N) is 1. The number of nitrogens with zero attached hydrogens (tertiary/aromatic N) is 2. The maximum absolute atomic E-state index is 11.0. The molecule has 0 aromatic carbocycles. The maximum atomic E-state index is 11.0. The van der Waals surface area contributed by atoms with Gasteiger partial charge < -0.3 is 14.8 Å². The molecule has 0 aliphatic heterocycles. The van der Waals surface area contributed by atoms with E-state index in [0.29, 0.717) is 37.7 Å². The van der Waals surface area contributed by atoms with Gasteiger partial charge in [-0.3, -0.25) is 4.79 Å². The number of rotatable bonds is 7. The largest absolute Gasteiger partial charge is 0.494 e. The highest BCUT2D eigenvalue weighted by molar-refractivity contribution is 5.69. The quantitative estimate of drug-likeness (QED) is 0.570. The predicted molar refractivity (Wildman–Crippen MR) is 62.9 cm³/mol. The first-order valence-electron chi connectivity index (χ1n) is 5.51. The van der Waals surface area contributed by atoms with E-state index in [2.05, 4.69) is 15.3 Å². The van der Waals surface area contributed by atoms with Crippen LogP contribution < -0.4 is 10.1 Å². The van der Waals surface area contributed by atoms with E-state index in [4.69, 9.17) is 9.47 Å². The van der Waals surface area contributed by atoms with Crippen molar-refractivity contribution in [2.45, 2.75) is 19.8 Å². The van der Waals surface area contributed by atoms with Crippen molar-refractivity contribution in [3.63, 3.8) is 0 Å². The van der Waals surface area contributed by atoms with Crippen LogP contribution in [0.5, 0.6) is 5.75 Å². The summed E-state index contributed by atoms with van der Waals surface area (Å²) in [7, 11) is 1.56. The van der Waals surface area contributed by atoms with Crippen LogP contribution in [0.25, 0.3) is 0 Å². The van der Waals surface area contributed by atoms with Crippen molar-refractivity contribution in [2.24, 2.45) is 0 Å². The van der Waals surface area contributed by atoms with Crippen LogP contribution in [0.3, 0.4) is 0 Å². The summed E-state index contributed by atoms with van der Waals surface area (Å²) in [6.45, 7) is 2.85. The predicted octanol–water partition coefficient (Wildman–Crippen LogP) is 1.24. The fourth-order valence-corrected chi connectivity index (χ4v) is 1.18. The molecule has 0 aliphatic rings. The van der Waals surface area contributed by atoms with E-state index in [-0.39, 0.29) is 5.97 Å². The van der Waals surface area contributed by atoms with Gasteiger partial charge >= 0.3 is 5.97 Å². The molecule has 0 aliphatic carbocycles. The van der Waals surface area contributed by atoms with Gasteiger partial charge in [-0.05, 0) is 13.3 Å². The second-order valence-corrected chi connectivity index (χ2v) is 3.28. The number of hydrogen-bond donors (Lipinski definition) is 1. The van der Waals surface area contributed by atoms with E-state index in [1.807, 2.05) is 0 Å². The van der Waals surface area contributed by atoms with Gasteiger partial charge in [0.25, 0.3) is 0 Å². The number of carbonyl (C=O) groups is 1. The Labute approximate surface area is 100 Å². The van der Waals surface area contributed by atoms with Gasteiger partial charge in [0.05, 0.1) is 26.1 Å². The topological polar surface area (TPSA) is 73.3 Å². The first kappa shape index (κ1) is 13.2. The lowest BCUT2D eigenvalue weighted by atomic mass is 10.3. The van der Waals surface area contributed by atoms with Crippen LogP contribution in [0.15, 0.2) is 12.4 Å². The first-order chi connectivity index (χ1) is 8.26. The Morgan fingerprint density at radius 2 is 2.12 bits per heavy atom. The monoisotopic (exact) mass is 239 g/mol. The zero-order chi connectivity index (χ0) is 12.5. The van der Waals surface area contributed by atoms with Crippen molar-refractivity contribution < 1.29 is 14.3 Å². The Bertz CT molecular complexity index is 340. The Hall–Kier alpha value is -1.85. The lowest BCUT2D eigenvalue weighted by molar-refractivity contribution is -0.143. The number of aromatic nitrogens is 2. The molecular weight excluding hydrogens is 222 g/mol. The standard InChI is InChI=1S/C11H17N3O3/c1-3-17-10(15)5-4-6-12-11-13-7-9(16-2)8-14-11/h7-8H,3-6H2,1-2H3,(H,12,13,14). The summed E-state index contributed by atoms with van der Waals surface area (Å²) in [5.74, 6) is 0.960. The molecule has 1 aromatic heterocycles. The summed E-state index contributed by atoms with van der Waals surface area (Å²) < 4.78 is 9.75. The summed E-state index contributed by atoms with van der Waals surface area (Å²) in [6.07, 6.45) is 4.26. The summed E-state index contributed by atoms with van der Waals surface area (Å²) in [5, 5.41) is 3.01. The molecule has 1 heterocycles. The first-order valence-corrected chi connectivity index (χ1v) is 5.51. The number of esters is 1. The molecule has 6 nitrogen and oxygen atoms in total. The molecule has 0 atom stereocenters. The van der Waals surface area contributed by atoms with Gasteiger partial charge in [0, 0.05) is 13.0 Å². The van der Waals surface area contributed by atoms with Gasteiger partial charge in [0.15, 0.2) is 5.75 Å². The number of hydrogen-bond acceptors (Lipinski definition) is 6. The number of anilines is 1.